The predicted octanol–water partition coefficient (Wildman–Crippen LogP) is 1.44. The lowest BCUT2D eigenvalue weighted by Crippen LogP contribution is -2.58. The molecule has 0 bridgehead atoms. The van der Waals surface area contributed by atoms with E-state index in [1.54, 1.807) is 0 Å². The molecule has 1 aliphatic rings. The molecule has 0 aliphatic heterocycles. The van der Waals surface area contributed by atoms with Gasteiger partial charge in [-0.05, 0) is 39.5 Å². The molecule has 19 heavy (non-hydrogen) atoms. The number of carboxylic acids is 1. The van der Waals surface area contributed by atoms with Crippen molar-refractivity contribution in [2.45, 2.75) is 50.4 Å². The molecule has 1 aromatic heterocycles. The van der Waals surface area contributed by atoms with Gasteiger partial charge in [-0.25, -0.2) is 4.98 Å². The summed E-state index contributed by atoms with van der Waals surface area (Å²) in [6.07, 6.45) is 1.94. The standard InChI is InChI=1S/C12H20N4O2S/c1-7(2)14-12(10(17)18,9-4-5-9)6-19-11-13-8(3)15-16-11/h7,9,14H,4-6H2,1-3H3,(H,17,18)(H,13,15,16). The van der Waals surface area contributed by atoms with Crippen molar-refractivity contribution in [1.82, 2.24) is 20.5 Å². The number of aromatic nitrogens is 3. The first-order chi connectivity index (χ1) is 8.94. The van der Waals surface area contributed by atoms with E-state index < -0.39 is 11.5 Å². The third-order valence-corrected chi connectivity index (χ3v) is 4.25. The molecule has 6 nitrogen and oxygen atoms in total. The largest absolute Gasteiger partial charge is 0.480 e. The number of nitrogens with zero attached hydrogens (tertiary/aromatic N) is 2. The Morgan fingerprint density at radius 2 is 2.32 bits per heavy atom. The van der Waals surface area contributed by atoms with E-state index >= 15 is 0 Å². The van der Waals surface area contributed by atoms with E-state index in [9.17, 15) is 9.90 Å². The Kier molecular flexibility index (Phi) is 4.15. The van der Waals surface area contributed by atoms with Crippen molar-refractivity contribution in [2.75, 3.05) is 5.75 Å². The van der Waals surface area contributed by atoms with Crippen LogP contribution in [0.3, 0.4) is 0 Å². The van der Waals surface area contributed by atoms with Gasteiger partial charge in [0, 0.05) is 11.8 Å². The van der Waals surface area contributed by atoms with Gasteiger partial charge in [0.1, 0.15) is 11.4 Å². The van der Waals surface area contributed by atoms with Gasteiger partial charge in [0.2, 0.25) is 5.16 Å². The van der Waals surface area contributed by atoms with Crippen LogP contribution in [0.2, 0.25) is 0 Å². The lowest BCUT2D eigenvalue weighted by Gasteiger charge is -2.32. The highest BCUT2D eigenvalue weighted by Gasteiger charge is 2.51. The lowest BCUT2D eigenvalue weighted by molar-refractivity contribution is -0.145. The minimum atomic E-state index is -0.868. The number of aliphatic carboxylic acids is 1. The van der Waals surface area contributed by atoms with Gasteiger partial charge >= 0.3 is 5.97 Å². The van der Waals surface area contributed by atoms with Gasteiger partial charge in [-0.1, -0.05) is 11.8 Å². The quantitative estimate of drug-likeness (QED) is 0.656. The second-order valence-corrected chi connectivity index (χ2v) is 6.28. The zero-order chi connectivity index (χ0) is 14.0. The van der Waals surface area contributed by atoms with Gasteiger partial charge in [-0.2, -0.15) is 0 Å². The molecule has 1 aliphatic carbocycles. The fourth-order valence-electron chi connectivity index (χ4n) is 2.23. The number of hydrogen-bond donors (Lipinski definition) is 3. The van der Waals surface area contributed by atoms with Crippen LogP contribution >= 0.6 is 11.8 Å². The van der Waals surface area contributed by atoms with Crippen LogP contribution in [0.15, 0.2) is 5.16 Å². The average Bonchev–Trinajstić information content (AvgIpc) is 3.08. The predicted molar refractivity (Wildman–Crippen MR) is 73.2 cm³/mol. The van der Waals surface area contributed by atoms with Crippen molar-refractivity contribution in [3.8, 4) is 0 Å². The first kappa shape index (κ1) is 14.3. The molecule has 0 aromatic carbocycles. The zero-order valence-electron chi connectivity index (χ0n) is 11.4. The Balaban J connectivity index is 2.10. The number of rotatable bonds is 7. The highest BCUT2D eigenvalue weighted by Crippen LogP contribution is 2.42. The number of nitrogens with one attached hydrogen (secondary N) is 2. The van der Waals surface area contributed by atoms with Crippen molar-refractivity contribution in [2.24, 2.45) is 5.92 Å². The van der Waals surface area contributed by atoms with Crippen LogP contribution in [0, 0.1) is 12.8 Å². The fraction of sp³-hybridized carbons (Fsp3) is 0.750. The Hall–Kier alpha value is -1.08. The summed E-state index contributed by atoms with van der Waals surface area (Å²) in [5.41, 5.74) is -0.868. The van der Waals surface area contributed by atoms with E-state index in [1.807, 2.05) is 20.8 Å². The van der Waals surface area contributed by atoms with Crippen LogP contribution in [0.4, 0.5) is 0 Å². The molecule has 1 heterocycles. The molecule has 7 heteroatoms. The molecule has 0 radical (unpaired) electrons. The summed E-state index contributed by atoms with van der Waals surface area (Å²) in [5, 5.41) is 20.3. The van der Waals surface area contributed by atoms with E-state index in [0.717, 1.165) is 18.7 Å². The fourth-order valence-corrected chi connectivity index (χ4v) is 3.34. The number of aryl methyl sites for hydroxylation is 1. The summed E-state index contributed by atoms with van der Waals surface area (Å²) in [7, 11) is 0. The van der Waals surface area contributed by atoms with Crippen molar-refractivity contribution in [3.05, 3.63) is 5.82 Å². The maximum atomic E-state index is 11.7. The zero-order valence-corrected chi connectivity index (χ0v) is 12.3. The summed E-state index contributed by atoms with van der Waals surface area (Å²) in [6, 6.07) is 0.131. The summed E-state index contributed by atoms with van der Waals surface area (Å²) >= 11 is 1.39. The third kappa shape index (κ3) is 3.27. The second-order valence-electron chi connectivity index (χ2n) is 5.34. The number of hydrogen-bond acceptors (Lipinski definition) is 5. The highest BCUT2D eigenvalue weighted by atomic mass is 32.2. The van der Waals surface area contributed by atoms with Crippen LogP contribution < -0.4 is 5.32 Å². The van der Waals surface area contributed by atoms with E-state index in [1.165, 1.54) is 11.8 Å². The Labute approximate surface area is 116 Å². The highest BCUT2D eigenvalue weighted by molar-refractivity contribution is 7.99. The minimum absolute atomic E-state index is 0.131. The summed E-state index contributed by atoms with van der Waals surface area (Å²) in [5.74, 6) is 0.623. The van der Waals surface area contributed by atoms with Crippen molar-refractivity contribution in [1.29, 1.82) is 0 Å². The molecule has 1 atom stereocenters. The molecule has 106 valence electrons. The number of aromatic amines is 1. The maximum Gasteiger partial charge on any atom is 0.325 e. The molecule has 1 saturated carbocycles. The van der Waals surface area contributed by atoms with Crippen LogP contribution in [0.5, 0.6) is 0 Å². The molecular weight excluding hydrogens is 264 g/mol. The molecule has 1 unspecified atom stereocenters. The van der Waals surface area contributed by atoms with E-state index in [0.29, 0.717) is 10.9 Å². The number of carbonyl (C=O) groups is 1. The van der Waals surface area contributed by atoms with E-state index in [4.69, 9.17) is 0 Å². The average molecular weight is 284 g/mol. The summed E-state index contributed by atoms with van der Waals surface area (Å²) in [6.45, 7) is 5.78. The molecule has 0 saturated heterocycles. The van der Waals surface area contributed by atoms with Crippen LogP contribution in [-0.4, -0.2) is 43.6 Å². The van der Waals surface area contributed by atoms with Gasteiger partial charge in [-0.3, -0.25) is 15.2 Å². The molecule has 3 N–H and O–H groups in total. The molecule has 0 spiro atoms. The number of carboxylic acid groups (broad SMARTS) is 1. The Bertz CT molecular complexity index is 458. The summed E-state index contributed by atoms with van der Waals surface area (Å²) in [4.78, 5) is 15.9. The molecular formula is C12H20N4O2S. The SMILES string of the molecule is Cc1nc(SCC(NC(C)C)(C(=O)O)C2CC2)n[nH]1. The van der Waals surface area contributed by atoms with Crippen LogP contribution in [-0.2, 0) is 4.79 Å². The number of thioether (sulfide) groups is 1. The van der Waals surface area contributed by atoms with Gasteiger partial charge in [0.15, 0.2) is 0 Å². The van der Waals surface area contributed by atoms with Crippen molar-refractivity contribution < 1.29 is 9.90 Å². The van der Waals surface area contributed by atoms with Crippen LogP contribution in [0.25, 0.3) is 0 Å². The first-order valence-electron chi connectivity index (χ1n) is 6.47. The Morgan fingerprint density at radius 1 is 1.63 bits per heavy atom. The molecule has 1 fully saturated rings. The number of H-pyrrole nitrogens is 1. The second kappa shape index (κ2) is 5.50. The third-order valence-electron chi connectivity index (χ3n) is 3.21. The van der Waals surface area contributed by atoms with Gasteiger partial charge in [-0.15, -0.1) is 5.10 Å². The normalized spacial score (nSPS) is 18.5. The molecule has 0 amide bonds. The smallest absolute Gasteiger partial charge is 0.325 e. The van der Waals surface area contributed by atoms with E-state index in [-0.39, 0.29) is 12.0 Å². The lowest BCUT2D eigenvalue weighted by atomic mass is 9.94. The summed E-state index contributed by atoms with van der Waals surface area (Å²) < 4.78 is 0. The molecule has 1 aromatic rings. The van der Waals surface area contributed by atoms with Gasteiger partial charge in [0.25, 0.3) is 0 Å². The topological polar surface area (TPSA) is 90.9 Å². The monoisotopic (exact) mass is 284 g/mol. The Morgan fingerprint density at radius 3 is 2.74 bits per heavy atom. The van der Waals surface area contributed by atoms with Crippen molar-refractivity contribution >= 4 is 17.7 Å². The van der Waals surface area contributed by atoms with E-state index in [2.05, 4.69) is 20.5 Å². The maximum absolute atomic E-state index is 11.7. The minimum Gasteiger partial charge on any atom is -0.480 e. The van der Waals surface area contributed by atoms with Gasteiger partial charge in [0.05, 0.1) is 0 Å². The first-order valence-corrected chi connectivity index (χ1v) is 7.45. The van der Waals surface area contributed by atoms with Crippen molar-refractivity contribution in [3.63, 3.8) is 0 Å². The van der Waals surface area contributed by atoms with Crippen LogP contribution in [0.1, 0.15) is 32.5 Å². The molecule has 2 rings (SSSR count). The van der Waals surface area contributed by atoms with Gasteiger partial charge < -0.3 is 5.11 Å².